The first kappa shape index (κ1) is 16.6. The van der Waals surface area contributed by atoms with Gasteiger partial charge in [0.15, 0.2) is 0 Å². The number of carboxylic acid groups (broad SMARTS) is 1. The number of hydrogen-bond donors (Lipinski definition) is 1. The minimum atomic E-state index is -0.893. The van der Waals surface area contributed by atoms with Gasteiger partial charge in [-0.1, -0.05) is 6.07 Å². The molecule has 0 radical (unpaired) electrons. The lowest BCUT2D eigenvalue weighted by Crippen LogP contribution is -2.47. The molecule has 0 aliphatic carbocycles. The van der Waals surface area contributed by atoms with Crippen LogP contribution in [-0.2, 0) is 4.79 Å². The number of hydrogen-bond acceptors (Lipinski definition) is 5. The van der Waals surface area contributed by atoms with Crippen LogP contribution in [0.3, 0.4) is 0 Å². The second-order valence-electron chi connectivity index (χ2n) is 5.35. The van der Waals surface area contributed by atoms with Gasteiger partial charge in [-0.25, -0.2) is 4.98 Å². The average molecular weight is 324 g/mol. The molecule has 0 aromatic carbocycles. The quantitative estimate of drug-likeness (QED) is 0.891. The molecule has 2 heterocycles. The Hall–Kier alpha value is -1.76. The topological polar surface area (TPSA) is 79.7 Å². The van der Waals surface area contributed by atoms with E-state index in [0.717, 1.165) is 5.75 Å². The van der Waals surface area contributed by atoms with E-state index in [0.29, 0.717) is 23.9 Å². The molecule has 1 fully saturated rings. The lowest BCUT2D eigenvalue weighted by molar-refractivity contribution is -0.138. The van der Waals surface area contributed by atoms with Gasteiger partial charge in [-0.15, -0.1) is 0 Å². The maximum Gasteiger partial charge on any atom is 0.305 e. The minimum absolute atomic E-state index is 0.0241. The van der Waals surface area contributed by atoms with Crippen molar-refractivity contribution in [1.82, 2.24) is 9.88 Å². The number of carbonyl (C=O) groups is 2. The number of carboxylic acids is 1. The van der Waals surface area contributed by atoms with Gasteiger partial charge in [0.1, 0.15) is 5.69 Å². The van der Waals surface area contributed by atoms with Crippen LogP contribution in [0.5, 0.6) is 5.88 Å². The van der Waals surface area contributed by atoms with Gasteiger partial charge in [-0.2, -0.15) is 11.8 Å². The Kier molecular flexibility index (Phi) is 5.65. The van der Waals surface area contributed by atoms with Gasteiger partial charge < -0.3 is 14.7 Å². The number of nitrogens with zero attached hydrogens (tertiary/aromatic N) is 2. The molecule has 1 N–H and O–H groups in total. The van der Waals surface area contributed by atoms with Gasteiger partial charge in [-0.3, -0.25) is 9.59 Å². The van der Waals surface area contributed by atoms with Crippen molar-refractivity contribution >= 4 is 23.6 Å². The Labute approximate surface area is 133 Å². The molecule has 0 saturated carbocycles. The molecule has 1 amide bonds. The SMILES string of the molecule is CC(C)Oc1cccc(C(=O)N2CCSCC2CC(=O)O)n1. The zero-order valence-corrected chi connectivity index (χ0v) is 13.5. The maximum atomic E-state index is 12.6. The summed E-state index contributed by atoms with van der Waals surface area (Å²) in [5, 5.41) is 9.00. The number of thioether (sulfide) groups is 1. The predicted octanol–water partition coefficient (Wildman–Crippen LogP) is 1.90. The first-order valence-corrected chi connectivity index (χ1v) is 8.37. The van der Waals surface area contributed by atoms with E-state index in [2.05, 4.69) is 4.98 Å². The van der Waals surface area contributed by atoms with E-state index < -0.39 is 5.97 Å². The lowest BCUT2D eigenvalue weighted by Gasteiger charge is -2.34. The fourth-order valence-electron chi connectivity index (χ4n) is 2.28. The summed E-state index contributed by atoms with van der Waals surface area (Å²) in [5.74, 6) is 0.725. The number of amides is 1. The summed E-state index contributed by atoms with van der Waals surface area (Å²) >= 11 is 1.67. The summed E-state index contributed by atoms with van der Waals surface area (Å²) in [4.78, 5) is 29.5. The van der Waals surface area contributed by atoms with Crippen molar-refractivity contribution in [2.75, 3.05) is 18.1 Å². The van der Waals surface area contributed by atoms with Crippen molar-refractivity contribution < 1.29 is 19.4 Å². The highest BCUT2D eigenvalue weighted by Crippen LogP contribution is 2.21. The molecule has 2 rings (SSSR count). The highest BCUT2D eigenvalue weighted by molar-refractivity contribution is 7.99. The van der Waals surface area contributed by atoms with Crippen molar-refractivity contribution in [3.8, 4) is 5.88 Å². The molecule has 1 aromatic rings. The van der Waals surface area contributed by atoms with Crippen molar-refractivity contribution in [2.24, 2.45) is 0 Å². The van der Waals surface area contributed by atoms with Gasteiger partial charge in [0.05, 0.1) is 18.6 Å². The number of rotatable bonds is 5. The third-order valence-electron chi connectivity index (χ3n) is 3.20. The number of carbonyl (C=O) groups excluding carboxylic acids is 1. The van der Waals surface area contributed by atoms with Crippen LogP contribution in [0, 0.1) is 0 Å². The van der Waals surface area contributed by atoms with Crippen molar-refractivity contribution in [3.05, 3.63) is 23.9 Å². The summed E-state index contributed by atoms with van der Waals surface area (Å²) in [6.45, 7) is 4.32. The summed E-state index contributed by atoms with van der Waals surface area (Å²) < 4.78 is 5.50. The molecule has 6 nitrogen and oxygen atoms in total. The first-order chi connectivity index (χ1) is 10.5. The monoisotopic (exact) mass is 324 g/mol. The van der Waals surface area contributed by atoms with Crippen LogP contribution in [0.1, 0.15) is 30.8 Å². The zero-order valence-electron chi connectivity index (χ0n) is 12.7. The third kappa shape index (κ3) is 4.37. The molecule has 1 aliphatic heterocycles. The van der Waals surface area contributed by atoms with Gasteiger partial charge >= 0.3 is 5.97 Å². The second-order valence-corrected chi connectivity index (χ2v) is 6.50. The van der Waals surface area contributed by atoms with Gasteiger partial charge in [-0.05, 0) is 19.9 Å². The smallest absolute Gasteiger partial charge is 0.305 e. The van der Waals surface area contributed by atoms with Crippen LogP contribution in [0.2, 0.25) is 0 Å². The van der Waals surface area contributed by atoms with E-state index in [1.54, 1.807) is 34.9 Å². The fourth-order valence-corrected chi connectivity index (χ4v) is 3.34. The van der Waals surface area contributed by atoms with Crippen molar-refractivity contribution in [3.63, 3.8) is 0 Å². The molecule has 1 atom stereocenters. The van der Waals surface area contributed by atoms with Crippen LogP contribution in [0.4, 0.5) is 0 Å². The first-order valence-electron chi connectivity index (χ1n) is 7.21. The fraction of sp³-hybridized carbons (Fsp3) is 0.533. The Morgan fingerprint density at radius 2 is 2.27 bits per heavy atom. The van der Waals surface area contributed by atoms with Gasteiger partial charge in [0.25, 0.3) is 5.91 Å². The summed E-state index contributed by atoms with van der Waals surface area (Å²) in [6, 6.07) is 4.77. The Morgan fingerprint density at radius 3 is 2.95 bits per heavy atom. The molecule has 22 heavy (non-hydrogen) atoms. The second kappa shape index (κ2) is 7.49. The molecular formula is C15H20N2O4S. The molecule has 1 unspecified atom stereocenters. The molecule has 120 valence electrons. The van der Waals surface area contributed by atoms with E-state index in [1.807, 2.05) is 13.8 Å². The van der Waals surface area contributed by atoms with E-state index in [4.69, 9.17) is 9.84 Å². The number of ether oxygens (including phenoxy) is 1. The number of pyridine rings is 1. The van der Waals surface area contributed by atoms with Crippen LogP contribution in [0.15, 0.2) is 18.2 Å². The summed E-state index contributed by atoms with van der Waals surface area (Å²) in [7, 11) is 0. The van der Waals surface area contributed by atoms with Crippen molar-refractivity contribution in [1.29, 1.82) is 0 Å². The molecule has 7 heteroatoms. The Bertz CT molecular complexity index is 550. The summed E-state index contributed by atoms with van der Waals surface area (Å²) in [6.07, 6.45) is -0.0648. The minimum Gasteiger partial charge on any atom is -0.481 e. The predicted molar refractivity (Wildman–Crippen MR) is 84.4 cm³/mol. The van der Waals surface area contributed by atoms with E-state index in [-0.39, 0.29) is 24.5 Å². The van der Waals surface area contributed by atoms with E-state index in [9.17, 15) is 9.59 Å². The molecule has 1 aliphatic rings. The largest absolute Gasteiger partial charge is 0.481 e. The maximum absolute atomic E-state index is 12.6. The highest BCUT2D eigenvalue weighted by Gasteiger charge is 2.30. The van der Waals surface area contributed by atoms with Crippen molar-refractivity contribution in [2.45, 2.75) is 32.4 Å². The van der Waals surface area contributed by atoms with Crippen LogP contribution < -0.4 is 4.74 Å². The molecular weight excluding hydrogens is 304 g/mol. The van der Waals surface area contributed by atoms with E-state index in [1.165, 1.54) is 0 Å². The van der Waals surface area contributed by atoms with Gasteiger partial charge in [0.2, 0.25) is 5.88 Å². The Morgan fingerprint density at radius 1 is 1.50 bits per heavy atom. The Balaban J connectivity index is 2.16. The normalized spacial score (nSPS) is 18.3. The molecule has 0 bridgehead atoms. The van der Waals surface area contributed by atoms with Crippen LogP contribution >= 0.6 is 11.8 Å². The number of aromatic nitrogens is 1. The average Bonchev–Trinajstić information content (AvgIpc) is 2.46. The molecule has 1 saturated heterocycles. The van der Waals surface area contributed by atoms with Gasteiger partial charge in [0, 0.05) is 24.1 Å². The zero-order chi connectivity index (χ0) is 16.1. The highest BCUT2D eigenvalue weighted by atomic mass is 32.2. The molecule has 1 aromatic heterocycles. The number of aliphatic carboxylic acids is 1. The van der Waals surface area contributed by atoms with Crippen LogP contribution in [-0.4, -0.2) is 57.1 Å². The lowest BCUT2D eigenvalue weighted by atomic mass is 10.1. The third-order valence-corrected chi connectivity index (χ3v) is 4.29. The standard InChI is InChI=1S/C15H20N2O4S/c1-10(2)21-13-5-3-4-12(16-13)15(20)17-6-7-22-9-11(17)8-14(18)19/h3-5,10-11H,6-9H2,1-2H3,(H,18,19). The van der Waals surface area contributed by atoms with Crippen LogP contribution in [0.25, 0.3) is 0 Å². The van der Waals surface area contributed by atoms with E-state index >= 15 is 0 Å². The molecule has 0 spiro atoms. The summed E-state index contributed by atoms with van der Waals surface area (Å²) in [5.41, 5.74) is 0.292.